The Morgan fingerprint density at radius 3 is 2.72 bits per heavy atom. The fourth-order valence-corrected chi connectivity index (χ4v) is 2.59. The predicted molar refractivity (Wildman–Crippen MR) is 87.2 cm³/mol. The molecule has 140 valence electrons. The van der Waals surface area contributed by atoms with Crippen molar-refractivity contribution in [3.05, 3.63) is 21.6 Å². The summed E-state index contributed by atoms with van der Waals surface area (Å²) in [7, 11) is 0. The lowest BCUT2D eigenvalue weighted by atomic mass is 10.1. The van der Waals surface area contributed by atoms with Crippen molar-refractivity contribution in [2.75, 3.05) is 39.4 Å². The van der Waals surface area contributed by atoms with Gasteiger partial charge in [0.05, 0.1) is 24.6 Å². The van der Waals surface area contributed by atoms with Crippen LogP contribution >= 0.6 is 0 Å². The van der Waals surface area contributed by atoms with E-state index in [4.69, 9.17) is 9.26 Å². The number of morpholine rings is 1. The summed E-state index contributed by atoms with van der Waals surface area (Å²) >= 11 is 0. The maximum absolute atomic E-state index is 12.0. The minimum absolute atomic E-state index is 0.0930. The fraction of sp³-hybridized carbons (Fsp3) is 0.733. The molecule has 0 aromatic carbocycles. The van der Waals surface area contributed by atoms with Gasteiger partial charge < -0.3 is 19.7 Å². The van der Waals surface area contributed by atoms with E-state index in [-0.39, 0.29) is 29.5 Å². The third-order valence-electron chi connectivity index (χ3n) is 4.00. The number of carbonyl (C=O) groups is 1. The van der Waals surface area contributed by atoms with Gasteiger partial charge in [-0.2, -0.15) is 0 Å². The molecule has 2 rings (SSSR count). The Labute approximate surface area is 145 Å². The summed E-state index contributed by atoms with van der Waals surface area (Å²) in [6.07, 6.45) is -1.73. The van der Waals surface area contributed by atoms with Gasteiger partial charge in [-0.15, -0.1) is 0 Å². The van der Waals surface area contributed by atoms with E-state index in [1.165, 1.54) is 0 Å². The number of rotatable bonds is 8. The number of amides is 1. The van der Waals surface area contributed by atoms with E-state index in [1.54, 1.807) is 13.8 Å². The second-order valence-corrected chi connectivity index (χ2v) is 6.22. The Bertz CT molecular complexity index is 597. The predicted octanol–water partition coefficient (Wildman–Crippen LogP) is 0.0580. The van der Waals surface area contributed by atoms with E-state index in [2.05, 4.69) is 15.4 Å². The first-order valence-corrected chi connectivity index (χ1v) is 8.28. The first-order valence-electron chi connectivity index (χ1n) is 8.28. The molecule has 1 aromatic rings. The summed E-state index contributed by atoms with van der Waals surface area (Å²) in [6.45, 7) is 7.50. The molecule has 1 aliphatic rings. The smallest absolute Gasteiger partial charge is 0.335 e. The lowest BCUT2D eigenvalue weighted by Gasteiger charge is -2.26. The molecular formula is C15H24N4O6. The Morgan fingerprint density at radius 2 is 2.12 bits per heavy atom. The number of nitrogens with zero attached hydrogens (tertiary/aromatic N) is 3. The van der Waals surface area contributed by atoms with Crippen molar-refractivity contribution in [1.29, 1.82) is 0 Å². The van der Waals surface area contributed by atoms with Gasteiger partial charge in [0.15, 0.2) is 5.69 Å². The van der Waals surface area contributed by atoms with Gasteiger partial charge in [0, 0.05) is 32.1 Å². The number of hydrogen-bond acceptors (Lipinski definition) is 8. The molecule has 2 heterocycles. The Morgan fingerprint density at radius 1 is 1.44 bits per heavy atom. The van der Waals surface area contributed by atoms with Crippen molar-refractivity contribution in [3.63, 3.8) is 0 Å². The van der Waals surface area contributed by atoms with E-state index in [0.717, 1.165) is 13.1 Å². The molecule has 0 spiro atoms. The molecule has 1 aliphatic heterocycles. The van der Waals surface area contributed by atoms with Gasteiger partial charge in [0.1, 0.15) is 6.10 Å². The van der Waals surface area contributed by atoms with E-state index in [9.17, 15) is 20.0 Å². The summed E-state index contributed by atoms with van der Waals surface area (Å²) in [5.74, 6) is -0.882. The quantitative estimate of drug-likeness (QED) is 0.494. The van der Waals surface area contributed by atoms with E-state index < -0.39 is 16.9 Å². The van der Waals surface area contributed by atoms with Crippen molar-refractivity contribution < 1.29 is 24.1 Å². The molecule has 1 aromatic heterocycles. The lowest BCUT2D eigenvalue weighted by molar-refractivity contribution is -0.386. The second-order valence-electron chi connectivity index (χ2n) is 6.22. The van der Waals surface area contributed by atoms with E-state index in [1.807, 2.05) is 0 Å². The van der Waals surface area contributed by atoms with Crippen LogP contribution in [0.2, 0.25) is 0 Å². The van der Waals surface area contributed by atoms with Crippen molar-refractivity contribution in [1.82, 2.24) is 15.4 Å². The first kappa shape index (κ1) is 19.3. The monoisotopic (exact) mass is 356 g/mol. The standard InChI is InChI=1S/C15H24N4O6/c1-10(2)13-14(19(22)23)12(25-17-13)9-11(20)15(21)16-3-4-18-5-7-24-8-6-18/h10-11,20H,3-9H2,1-2H3,(H,16,21). The third-order valence-corrected chi connectivity index (χ3v) is 4.00. The van der Waals surface area contributed by atoms with E-state index in [0.29, 0.717) is 26.3 Å². The van der Waals surface area contributed by atoms with Crippen molar-refractivity contribution in [3.8, 4) is 0 Å². The highest BCUT2D eigenvalue weighted by molar-refractivity contribution is 5.80. The van der Waals surface area contributed by atoms with Gasteiger partial charge in [-0.25, -0.2) is 0 Å². The molecule has 1 saturated heterocycles. The highest BCUT2D eigenvalue weighted by Gasteiger charge is 2.31. The van der Waals surface area contributed by atoms with Crippen LogP contribution in [0.25, 0.3) is 0 Å². The largest absolute Gasteiger partial charge is 0.383 e. The average Bonchev–Trinajstić information content (AvgIpc) is 2.99. The van der Waals surface area contributed by atoms with Crippen LogP contribution in [0.3, 0.4) is 0 Å². The molecular weight excluding hydrogens is 332 g/mol. The van der Waals surface area contributed by atoms with Crippen molar-refractivity contribution in [2.24, 2.45) is 0 Å². The highest BCUT2D eigenvalue weighted by Crippen LogP contribution is 2.30. The molecule has 1 atom stereocenters. The Hall–Kier alpha value is -2.04. The van der Waals surface area contributed by atoms with Crippen LogP contribution in [0.5, 0.6) is 0 Å². The van der Waals surface area contributed by atoms with Crippen LogP contribution in [0, 0.1) is 10.1 Å². The van der Waals surface area contributed by atoms with Crippen LogP contribution in [-0.4, -0.2) is 71.5 Å². The Kier molecular flexibility index (Phi) is 6.85. The number of ether oxygens (including phenoxy) is 1. The molecule has 2 N–H and O–H groups in total. The number of aromatic nitrogens is 1. The number of hydrogen-bond donors (Lipinski definition) is 2. The number of aliphatic hydroxyl groups excluding tert-OH is 1. The third kappa shape index (κ3) is 5.21. The van der Waals surface area contributed by atoms with Crippen LogP contribution in [0.15, 0.2) is 4.52 Å². The zero-order valence-corrected chi connectivity index (χ0v) is 14.4. The molecule has 0 saturated carbocycles. The van der Waals surface area contributed by atoms with Gasteiger partial charge in [0.2, 0.25) is 11.7 Å². The number of nitro groups is 1. The highest BCUT2D eigenvalue weighted by atomic mass is 16.6. The SMILES string of the molecule is CC(C)c1noc(CC(O)C(=O)NCCN2CCOCC2)c1[N+](=O)[O-]. The molecule has 0 aliphatic carbocycles. The van der Waals surface area contributed by atoms with Crippen LogP contribution in [0.4, 0.5) is 5.69 Å². The average molecular weight is 356 g/mol. The summed E-state index contributed by atoms with van der Waals surface area (Å²) < 4.78 is 10.2. The molecule has 10 nitrogen and oxygen atoms in total. The number of aliphatic hydroxyl groups is 1. The molecule has 0 radical (unpaired) electrons. The molecule has 1 amide bonds. The summed E-state index contributed by atoms with van der Waals surface area (Å²) in [5, 5.41) is 27.5. The summed E-state index contributed by atoms with van der Waals surface area (Å²) in [4.78, 5) is 24.7. The summed E-state index contributed by atoms with van der Waals surface area (Å²) in [6, 6.07) is 0. The van der Waals surface area contributed by atoms with Crippen molar-refractivity contribution in [2.45, 2.75) is 32.3 Å². The second kappa shape index (κ2) is 8.88. The topological polar surface area (TPSA) is 131 Å². The van der Waals surface area contributed by atoms with Crippen LogP contribution in [0.1, 0.15) is 31.2 Å². The maximum atomic E-state index is 12.0. The molecule has 1 fully saturated rings. The zero-order chi connectivity index (χ0) is 18.4. The number of carbonyl (C=O) groups excluding carboxylic acids is 1. The number of nitrogens with one attached hydrogen (secondary N) is 1. The van der Waals surface area contributed by atoms with Crippen molar-refractivity contribution >= 4 is 11.6 Å². The lowest BCUT2D eigenvalue weighted by Crippen LogP contribution is -2.43. The fourth-order valence-electron chi connectivity index (χ4n) is 2.59. The van der Waals surface area contributed by atoms with Gasteiger partial charge in [-0.3, -0.25) is 19.8 Å². The normalized spacial score (nSPS) is 16.8. The maximum Gasteiger partial charge on any atom is 0.335 e. The molecule has 1 unspecified atom stereocenters. The molecule has 10 heteroatoms. The van der Waals surface area contributed by atoms with Crippen LogP contribution < -0.4 is 5.32 Å². The molecule has 0 bridgehead atoms. The minimum Gasteiger partial charge on any atom is -0.383 e. The van der Waals surface area contributed by atoms with Crippen LogP contribution in [-0.2, 0) is 16.0 Å². The first-order chi connectivity index (χ1) is 11.9. The zero-order valence-electron chi connectivity index (χ0n) is 14.4. The molecule has 25 heavy (non-hydrogen) atoms. The Balaban J connectivity index is 1.87. The van der Waals surface area contributed by atoms with Gasteiger partial charge in [-0.05, 0) is 0 Å². The van der Waals surface area contributed by atoms with Gasteiger partial charge in [0.25, 0.3) is 0 Å². The van der Waals surface area contributed by atoms with E-state index >= 15 is 0 Å². The summed E-state index contributed by atoms with van der Waals surface area (Å²) in [5.41, 5.74) is -0.0601. The van der Waals surface area contributed by atoms with Gasteiger partial charge in [-0.1, -0.05) is 19.0 Å². The minimum atomic E-state index is -1.43. The van der Waals surface area contributed by atoms with Gasteiger partial charge >= 0.3 is 5.69 Å².